The second-order valence-corrected chi connectivity index (χ2v) is 8.77. The number of rotatable bonds is 6. The molecular formula is C23H32N4OS. The highest BCUT2D eigenvalue weighted by atomic mass is 32.1. The summed E-state index contributed by atoms with van der Waals surface area (Å²) in [4.78, 5) is 6.88. The van der Waals surface area contributed by atoms with Gasteiger partial charge in [-0.3, -0.25) is 4.98 Å². The molecule has 1 saturated carbocycles. The summed E-state index contributed by atoms with van der Waals surface area (Å²) in [5.41, 5.74) is 5.02. The Morgan fingerprint density at radius 1 is 1.21 bits per heavy atom. The number of aliphatic hydroxyl groups excluding tert-OH is 1. The number of aryl methyl sites for hydroxylation is 1. The number of thiocarbonyl (C=S) groups is 1. The molecule has 0 spiro atoms. The lowest BCUT2D eigenvalue weighted by atomic mass is 9.94. The maximum atomic E-state index is 9.42. The summed E-state index contributed by atoms with van der Waals surface area (Å²) < 4.78 is 2.57. The van der Waals surface area contributed by atoms with Crippen LogP contribution in [0.15, 0.2) is 30.5 Å². The second-order valence-electron chi connectivity index (χ2n) is 8.39. The zero-order chi connectivity index (χ0) is 20.4. The van der Waals surface area contributed by atoms with Gasteiger partial charge in [0.15, 0.2) is 5.11 Å². The van der Waals surface area contributed by atoms with Crippen molar-refractivity contribution in [3.63, 3.8) is 0 Å². The summed E-state index contributed by atoms with van der Waals surface area (Å²) in [5.74, 6) is 0. The molecule has 29 heavy (non-hydrogen) atoms. The van der Waals surface area contributed by atoms with Crippen LogP contribution in [0, 0.1) is 13.8 Å². The van der Waals surface area contributed by atoms with Crippen molar-refractivity contribution in [1.82, 2.24) is 19.8 Å². The predicted octanol–water partition coefficient (Wildman–Crippen LogP) is 4.36. The summed E-state index contributed by atoms with van der Waals surface area (Å²) in [6.45, 7) is 5.41. The van der Waals surface area contributed by atoms with E-state index in [1.54, 1.807) is 0 Å². The van der Waals surface area contributed by atoms with Gasteiger partial charge in [0.2, 0.25) is 0 Å². The molecular weight excluding hydrogens is 380 g/mol. The van der Waals surface area contributed by atoms with Crippen LogP contribution in [0.4, 0.5) is 0 Å². The van der Waals surface area contributed by atoms with E-state index in [4.69, 9.17) is 12.2 Å². The monoisotopic (exact) mass is 412 g/mol. The van der Waals surface area contributed by atoms with E-state index in [2.05, 4.69) is 45.7 Å². The van der Waals surface area contributed by atoms with Crippen LogP contribution in [0.1, 0.15) is 79.3 Å². The lowest BCUT2D eigenvalue weighted by Gasteiger charge is -2.29. The molecule has 0 aromatic carbocycles. The molecule has 2 N–H and O–H groups in total. The topological polar surface area (TPSA) is 53.3 Å². The Morgan fingerprint density at radius 3 is 2.69 bits per heavy atom. The Hall–Kier alpha value is -1.92. The molecule has 156 valence electrons. The number of nitrogens with one attached hydrogen (secondary N) is 1. The standard InChI is InChI=1S/C23H32N4OS/c1-16-15-19(17(2)27(16)18-9-4-3-5-10-18)22-21(20-11-6-7-12-24-20)25-23(29)26(22)13-8-14-28/h6-7,11-12,15,18,21-22,28H,3-5,8-10,13-14H2,1-2H3,(H,25,29)/t21-,22+/m1/s1. The van der Waals surface area contributed by atoms with Crippen LogP contribution in [-0.2, 0) is 0 Å². The molecule has 2 atom stereocenters. The molecule has 3 heterocycles. The number of aromatic nitrogens is 2. The van der Waals surface area contributed by atoms with Crippen LogP contribution in [0.25, 0.3) is 0 Å². The zero-order valence-electron chi connectivity index (χ0n) is 17.5. The highest BCUT2D eigenvalue weighted by molar-refractivity contribution is 7.80. The summed E-state index contributed by atoms with van der Waals surface area (Å²) in [6, 6.07) is 9.12. The fourth-order valence-corrected chi connectivity index (χ4v) is 5.56. The normalized spacial score (nSPS) is 22.9. The van der Waals surface area contributed by atoms with E-state index < -0.39 is 0 Å². The van der Waals surface area contributed by atoms with Crippen molar-refractivity contribution in [3.8, 4) is 0 Å². The van der Waals surface area contributed by atoms with Crippen LogP contribution < -0.4 is 5.32 Å². The Balaban J connectivity index is 1.74. The fourth-order valence-electron chi connectivity index (χ4n) is 5.23. The van der Waals surface area contributed by atoms with Gasteiger partial charge in [-0.25, -0.2) is 0 Å². The number of nitrogens with zero attached hydrogens (tertiary/aromatic N) is 3. The number of hydrogen-bond donors (Lipinski definition) is 2. The van der Waals surface area contributed by atoms with Crippen LogP contribution in [0.5, 0.6) is 0 Å². The van der Waals surface area contributed by atoms with Gasteiger partial charge in [0.1, 0.15) is 0 Å². The third-order valence-corrected chi connectivity index (χ3v) is 6.89. The molecule has 0 radical (unpaired) electrons. The lowest BCUT2D eigenvalue weighted by molar-refractivity contribution is 0.247. The van der Waals surface area contributed by atoms with Crippen molar-refractivity contribution >= 4 is 17.3 Å². The zero-order valence-corrected chi connectivity index (χ0v) is 18.3. The van der Waals surface area contributed by atoms with E-state index in [1.807, 2.05) is 18.3 Å². The van der Waals surface area contributed by atoms with Crippen LogP contribution in [0.2, 0.25) is 0 Å². The molecule has 0 amide bonds. The van der Waals surface area contributed by atoms with Crippen molar-refractivity contribution in [2.45, 2.75) is 70.5 Å². The maximum Gasteiger partial charge on any atom is 0.170 e. The minimum absolute atomic E-state index is 0.0164. The first-order valence-electron chi connectivity index (χ1n) is 10.9. The van der Waals surface area contributed by atoms with Crippen molar-refractivity contribution in [2.75, 3.05) is 13.2 Å². The summed E-state index contributed by atoms with van der Waals surface area (Å²) >= 11 is 5.71. The average molecular weight is 413 g/mol. The van der Waals surface area contributed by atoms with E-state index in [0.29, 0.717) is 12.5 Å². The van der Waals surface area contributed by atoms with E-state index in [1.165, 1.54) is 49.1 Å². The first-order valence-corrected chi connectivity index (χ1v) is 11.3. The number of aliphatic hydroxyl groups is 1. The summed E-state index contributed by atoms with van der Waals surface area (Å²) in [7, 11) is 0. The largest absolute Gasteiger partial charge is 0.396 e. The van der Waals surface area contributed by atoms with E-state index >= 15 is 0 Å². The SMILES string of the molecule is Cc1cc([C@H]2[C@@H](c3ccccn3)NC(=S)N2CCCO)c(C)n1C1CCCCC1. The second kappa shape index (κ2) is 8.84. The first-order chi connectivity index (χ1) is 14.1. The minimum Gasteiger partial charge on any atom is -0.396 e. The maximum absolute atomic E-state index is 9.42. The molecule has 5 nitrogen and oxygen atoms in total. The Morgan fingerprint density at radius 2 is 2.00 bits per heavy atom. The van der Waals surface area contributed by atoms with Crippen LogP contribution in [0.3, 0.4) is 0 Å². The molecule has 2 aliphatic rings. The van der Waals surface area contributed by atoms with Gasteiger partial charge < -0.3 is 19.9 Å². The quantitative estimate of drug-likeness (QED) is 0.691. The summed E-state index contributed by atoms with van der Waals surface area (Å²) in [5, 5.41) is 13.7. The van der Waals surface area contributed by atoms with Crippen molar-refractivity contribution < 1.29 is 5.11 Å². The van der Waals surface area contributed by atoms with Gasteiger partial charge >= 0.3 is 0 Å². The Bertz CT molecular complexity index is 844. The third-order valence-electron chi connectivity index (χ3n) is 6.54. The molecule has 1 saturated heterocycles. The van der Waals surface area contributed by atoms with E-state index in [-0.39, 0.29) is 18.7 Å². The highest BCUT2D eigenvalue weighted by Gasteiger charge is 2.41. The van der Waals surface area contributed by atoms with E-state index in [0.717, 1.165) is 17.4 Å². The Kier molecular flexibility index (Phi) is 6.20. The molecule has 0 unspecified atom stereocenters. The van der Waals surface area contributed by atoms with Crippen molar-refractivity contribution in [1.29, 1.82) is 0 Å². The Labute approximate surface area is 179 Å². The summed E-state index contributed by atoms with van der Waals surface area (Å²) in [6.07, 6.45) is 9.11. The first kappa shape index (κ1) is 20.4. The van der Waals surface area contributed by atoms with Gasteiger partial charge in [0, 0.05) is 36.8 Å². The molecule has 2 fully saturated rings. The predicted molar refractivity (Wildman–Crippen MR) is 120 cm³/mol. The molecule has 1 aliphatic heterocycles. The smallest absolute Gasteiger partial charge is 0.170 e. The van der Waals surface area contributed by atoms with Crippen LogP contribution >= 0.6 is 12.2 Å². The third kappa shape index (κ3) is 3.92. The molecule has 0 bridgehead atoms. The van der Waals surface area contributed by atoms with Gasteiger partial charge in [-0.15, -0.1) is 0 Å². The van der Waals surface area contributed by atoms with Gasteiger partial charge in [0.05, 0.1) is 17.8 Å². The average Bonchev–Trinajstić information content (AvgIpc) is 3.23. The molecule has 1 aliphatic carbocycles. The molecule has 4 rings (SSSR count). The minimum atomic E-state index is 0.0164. The van der Waals surface area contributed by atoms with Crippen LogP contribution in [-0.4, -0.2) is 37.8 Å². The fraction of sp³-hybridized carbons (Fsp3) is 0.565. The van der Waals surface area contributed by atoms with Crippen molar-refractivity contribution in [3.05, 3.63) is 53.1 Å². The van der Waals surface area contributed by atoms with Gasteiger partial charge in [-0.05, 0) is 69.1 Å². The van der Waals surface area contributed by atoms with E-state index in [9.17, 15) is 5.11 Å². The molecule has 6 heteroatoms. The van der Waals surface area contributed by atoms with Gasteiger partial charge in [-0.2, -0.15) is 0 Å². The van der Waals surface area contributed by atoms with Gasteiger partial charge in [0.25, 0.3) is 0 Å². The van der Waals surface area contributed by atoms with Crippen molar-refractivity contribution in [2.24, 2.45) is 0 Å². The highest BCUT2D eigenvalue weighted by Crippen LogP contribution is 2.42. The molecule has 2 aromatic heterocycles. The number of pyridine rings is 1. The van der Waals surface area contributed by atoms with Gasteiger partial charge in [-0.1, -0.05) is 25.3 Å². The number of hydrogen-bond acceptors (Lipinski definition) is 3. The molecule has 2 aromatic rings. The lowest BCUT2D eigenvalue weighted by Crippen LogP contribution is -2.31.